The molecule has 0 radical (unpaired) electrons. The lowest BCUT2D eigenvalue weighted by Crippen LogP contribution is -2.45. The molecule has 23 heavy (non-hydrogen) atoms. The molecule has 2 N–H and O–H groups in total. The predicted octanol–water partition coefficient (Wildman–Crippen LogP) is 2.72. The summed E-state index contributed by atoms with van der Waals surface area (Å²) in [4.78, 5) is 13.7. The largest absolute Gasteiger partial charge is 0.480 e. The van der Waals surface area contributed by atoms with Crippen LogP contribution in [-0.4, -0.2) is 46.8 Å². The van der Waals surface area contributed by atoms with Gasteiger partial charge in [0, 0.05) is 31.5 Å². The van der Waals surface area contributed by atoms with Crippen LogP contribution in [0.3, 0.4) is 0 Å². The summed E-state index contributed by atoms with van der Waals surface area (Å²) in [5.74, 6) is -1.12. The highest BCUT2D eigenvalue weighted by molar-refractivity contribution is 5.74. The van der Waals surface area contributed by atoms with E-state index in [9.17, 15) is 19.4 Å². The van der Waals surface area contributed by atoms with Gasteiger partial charge in [0.25, 0.3) is 0 Å². The van der Waals surface area contributed by atoms with Crippen molar-refractivity contribution in [3.63, 3.8) is 0 Å². The Morgan fingerprint density at radius 2 is 2.04 bits per heavy atom. The highest BCUT2D eigenvalue weighted by Gasteiger charge is 2.41. The lowest BCUT2D eigenvalue weighted by molar-refractivity contribution is -0.145. The summed E-state index contributed by atoms with van der Waals surface area (Å²) in [5.41, 5.74) is 0.834. The zero-order chi connectivity index (χ0) is 17.0. The van der Waals surface area contributed by atoms with Crippen molar-refractivity contribution >= 4 is 5.97 Å². The number of aliphatic carboxylic acids is 1. The van der Waals surface area contributed by atoms with Crippen LogP contribution in [0.25, 0.3) is 0 Å². The Balaban J connectivity index is 2.24. The van der Waals surface area contributed by atoms with E-state index in [-0.39, 0.29) is 30.2 Å². The molecule has 0 aromatic heterocycles. The van der Waals surface area contributed by atoms with Gasteiger partial charge in [-0.3, -0.25) is 9.69 Å². The Morgan fingerprint density at radius 1 is 1.35 bits per heavy atom. The predicted molar refractivity (Wildman–Crippen MR) is 86.8 cm³/mol. The summed E-state index contributed by atoms with van der Waals surface area (Å²) in [6, 6.07) is 5.86. The second-order valence-corrected chi connectivity index (χ2v) is 6.42. The Bertz CT molecular complexity index is 533. The zero-order valence-corrected chi connectivity index (χ0v) is 13.8. The molecule has 1 fully saturated rings. The van der Waals surface area contributed by atoms with Crippen LogP contribution in [0.5, 0.6) is 0 Å². The summed E-state index contributed by atoms with van der Waals surface area (Å²) in [5, 5.41) is 19.4. The molecule has 3 atom stereocenters. The van der Waals surface area contributed by atoms with Crippen molar-refractivity contribution in [2.75, 3.05) is 19.7 Å². The van der Waals surface area contributed by atoms with Crippen molar-refractivity contribution in [1.29, 1.82) is 0 Å². The monoisotopic (exact) mass is 323 g/mol. The second kappa shape index (κ2) is 7.88. The third-order valence-electron chi connectivity index (χ3n) is 5.12. The average molecular weight is 323 g/mol. The van der Waals surface area contributed by atoms with Crippen molar-refractivity contribution in [3.8, 4) is 0 Å². The molecular weight excluding hydrogens is 297 g/mol. The van der Waals surface area contributed by atoms with Crippen LogP contribution in [0, 0.1) is 17.7 Å². The lowest BCUT2D eigenvalue weighted by atomic mass is 9.89. The number of nitrogens with zero attached hydrogens (tertiary/aromatic N) is 1. The fraction of sp³-hybridized carbons (Fsp3) is 0.611. The van der Waals surface area contributed by atoms with Gasteiger partial charge in [-0.15, -0.1) is 0 Å². The quantitative estimate of drug-likeness (QED) is 0.810. The first kappa shape index (κ1) is 17.9. The smallest absolute Gasteiger partial charge is 0.321 e. The maximum atomic E-state index is 13.5. The van der Waals surface area contributed by atoms with E-state index in [1.165, 1.54) is 12.1 Å². The molecule has 0 spiro atoms. The number of hydrogen-bond acceptors (Lipinski definition) is 3. The number of likely N-dealkylation sites (tertiary alicyclic amines) is 1. The van der Waals surface area contributed by atoms with Gasteiger partial charge in [-0.1, -0.05) is 38.8 Å². The fourth-order valence-electron chi connectivity index (χ4n) is 3.82. The number of rotatable bonds is 7. The van der Waals surface area contributed by atoms with Crippen molar-refractivity contribution in [1.82, 2.24) is 4.90 Å². The minimum absolute atomic E-state index is 0.0209. The maximum Gasteiger partial charge on any atom is 0.321 e. The number of benzene rings is 1. The van der Waals surface area contributed by atoms with Crippen molar-refractivity contribution in [3.05, 3.63) is 35.6 Å². The van der Waals surface area contributed by atoms with Crippen LogP contribution in [0.4, 0.5) is 4.39 Å². The molecule has 1 aliphatic rings. The summed E-state index contributed by atoms with van der Waals surface area (Å²) in [7, 11) is 0. The van der Waals surface area contributed by atoms with Crippen LogP contribution < -0.4 is 0 Å². The normalized spacial score (nSPS) is 23.3. The molecule has 2 rings (SSSR count). The van der Waals surface area contributed by atoms with Gasteiger partial charge in [0.05, 0.1) is 0 Å². The SMILES string of the molecule is CCC(CC)C(C(=O)O)N1CC(CO)C(c2cccc(F)c2)C1. The number of aliphatic hydroxyl groups excluding tert-OH is 1. The summed E-state index contributed by atoms with van der Waals surface area (Å²) < 4.78 is 13.5. The van der Waals surface area contributed by atoms with E-state index in [1.807, 2.05) is 24.8 Å². The summed E-state index contributed by atoms with van der Waals surface area (Å²) >= 11 is 0. The number of aliphatic hydroxyl groups is 1. The van der Waals surface area contributed by atoms with Gasteiger partial charge in [-0.2, -0.15) is 0 Å². The van der Waals surface area contributed by atoms with Crippen LogP contribution in [0.1, 0.15) is 38.2 Å². The number of carboxylic acids is 1. The molecular formula is C18H26FNO3. The topological polar surface area (TPSA) is 60.8 Å². The number of carbonyl (C=O) groups is 1. The number of carboxylic acid groups (broad SMARTS) is 1. The third kappa shape index (κ3) is 3.90. The van der Waals surface area contributed by atoms with E-state index in [4.69, 9.17) is 0 Å². The van der Waals surface area contributed by atoms with Gasteiger partial charge in [-0.25, -0.2) is 4.39 Å². The molecule has 4 nitrogen and oxygen atoms in total. The van der Waals surface area contributed by atoms with Gasteiger partial charge in [0.15, 0.2) is 0 Å². The minimum atomic E-state index is -0.810. The first-order valence-corrected chi connectivity index (χ1v) is 8.34. The molecule has 0 saturated carbocycles. The number of halogens is 1. The summed E-state index contributed by atoms with van der Waals surface area (Å²) in [6.07, 6.45) is 1.61. The molecule has 1 aliphatic heterocycles. The average Bonchev–Trinajstić information content (AvgIpc) is 2.95. The molecule has 0 bridgehead atoms. The van der Waals surface area contributed by atoms with E-state index in [0.29, 0.717) is 13.1 Å². The molecule has 1 aromatic rings. The first-order chi connectivity index (χ1) is 11.0. The van der Waals surface area contributed by atoms with Crippen molar-refractivity contribution < 1.29 is 19.4 Å². The molecule has 128 valence electrons. The molecule has 3 unspecified atom stereocenters. The van der Waals surface area contributed by atoms with E-state index in [1.54, 1.807) is 6.07 Å². The first-order valence-electron chi connectivity index (χ1n) is 8.34. The van der Waals surface area contributed by atoms with Crippen LogP contribution in [0.2, 0.25) is 0 Å². The van der Waals surface area contributed by atoms with Crippen LogP contribution >= 0.6 is 0 Å². The lowest BCUT2D eigenvalue weighted by Gasteiger charge is -2.30. The van der Waals surface area contributed by atoms with Crippen molar-refractivity contribution in [2.24, 2.45) is 11.8 Å². The van der Waals surface area contributed by atoms with Crippen LogP contribution in [0.15, 0.2) is 24.3 Å². The summed E-state index contributed by atoms with van der Waals surface area (Å²) in [6.45, 7) is 5.07. The highest BCUT2D eigenvalue weighted by Crippen LogP contribution is 2.35. The Hall–Kier alpha value is -1.46. The van der Waals surface area contributed by atoms with Crippen molar-refractivity contribution in [2.45, 2.75) is 38.6 Å². The van der Waals surface area contributed by atoms with Gasteiger partial charge in [0.2, 0.25) is 0 Å². The Labute approximate surface area is 136 Å². The Morgan fingerprint density at radius 3 is 2.57 bits per heavy atom. The van der Waals surface area contributed by atoms with E-state index < -0.39 is 12.0 Å². The molecule has 0 aliphatic carbocycles. The zero-order valence-electron chi connectivity index (χ0n) is 13.8. The maximum absolute atomic E-state index is 13.5. The fourth-order valence-corrected chi connectivity index (χ4v) is 3.82. The molecule has 1 saturated heterocycles. The van der Waals surface area contributed by atoms with E-state index in [0.717, 1.165) is 18.4 Å². The van der Waals surface area contributed by atoms with Gasteiger partial charge < -0.3 is 10.2 Å². The van der Waals surface area contributed by atoms with E-state index >= 15 is 0 Å². The van der Waals surface area contributed by atoms with Gasteiger partial charge in [0.1, 0.15) is 11.9 Å². The third-order valence-corrected chi connectivity index (χ3v) is 5.12. The van der Waals surface area contributed by atoms with Crippen LogP contribution in [-0.2, 0) is 4.79 Å². The van der Waals surface area contributed by atoms with Gasteiger partial charge in [-0.05, 0) is 23.6 Å². The molecule has 0 amide bonds. The van der Waals surface area contributed by atoms with E-state index in [2.05, 4.69) is 0 Å². The van der Waals surface area contributed by atoms with Gasteiger partial charge >= 0.3 is 5.97 Å². The molecule has 1 heterocycles. The molecule has 1 aromatic carbocycles. The second-order valence-electron chi connectivity index (χ2n) is 6.42. The minimum Gasteiger partial charge on any atom is -0.480 e. The molecule has 5 heteroatoms. The standard InChI is InChI=1S/C18H26FNO3/c1-3-12(4-2)17(18(22)23)20-9-14(11-21)16(10-20)13-6-5-7-15(19)8-13/h5-8,12,14,16-17,21H,3-4,9-11H2,1-2H3,(H,22,23). The highest BCUT2D eigenvalue weighted by atomic mass is 19.1. The Kier molecular flexibility index (Phi) is 6.13. The number of hydrogen-bond donors (Lipinski definition) is 2.